The van der Waals surface area contributed by atoms with E-state index in [0.717, 1.165) is 0 Å². The fourth-order valence-electron chi connectivity index (χ4n) is 2.05. The van der Waals surface area contributed by atoms with Crippen LogP contribution in [0.25, 0.3) is 0 Å². The summed E-state index contributed by atoms with van der Waals surface area (Å²) in [4.78, 5) is 2.28. The number of aliphatic hydroxyl groups excluding tert-OH is 1. The van der Waals surface area contributed by atoms with E-state index in [1.807, 2.05) is 4.90 Å². The second-order valence-corrected chi connectivity index (χ2v) is 6.77. The Morgan fingerprint density at radius 2 is 2.05 bits per heavy atom. The molecule has 0 aromatic heterocycles. The average Bonchev–Trinajstić information content (AvgIpc) is 2.62. The molecule has 0 radical (unpaired) electrons. The first-order valence-corrected chi connectivity index (χ1v) is 7.99. The van der Waals surface area contributed by atoms with Gasteiger partial charge in [0.25, 0.3) is 0 Å². The zero-order valence-electron chi connectivity index (χ0n) is 10.7. The van der Waals surface area contributed by atoms with Gasteiger partial charge in [-0.15, -0.1) is 0 Å². The van der Waals surface area contributed by atoms with Gasteiger partial charge in [0.05, 0.1) is 30.0 Å². The van der Waals surface area contributed by atoms with E-state index < -0.39 is 15.9 Å². The van der Waals surface area contributed by atoms with Gasteiger partial charge in [0, 0.05) is 19.6 Å². The Balaban J connectivity index is 1.94. The molecule has 2 rings (SSSR count). The van der Waals surface area contributed by atoms with E-state index in [1.165, 1.54) is 0 Å². The molecule has 106 valence electrons. The molecule has 1 saturated heterocycles. The highest BCUT2D eigenvalue weighted by molar-refractivity contribution is 7.91. The van der Waals surface area contributed by atoms with Crippen LogP contribution in [0.4, 0.5) is 0 Å². The van der Waals surface area contributed by atoms with Crippen LogP contribution in [0.15, 0.2) is 35.2 Å². The Morgan fingerprint density at radius 1 is 1.32 bits per heavy atom. The maximum absolute atomic E-state index is 12.1. The first kappa shape index (κ1) is 14.5. The van der Waals surface area contributed by atoms with E-state index in [4.69, 9.17) is 4.74 Å². The van der Waals surface area contributed by atoms with Crippen LogP contribution in [0.2, 0.25) is 0 Å². The molecule has 0 amide bonds. The monoisotopic (exact) mass is 285 g/mol. The van der Waals surface area contributed by atoms with Gasteiger partial charge in [-0.3, -0.25) is 4.90 Å². The zero-order valence-corrected chi connectivity index (χ0v) is 11.6. The van der Waals surface area contributed by atoms with Gasteiger partial charge in [-0.1, -0.05) is 18.2 Å². The number of nitrogens with zero attached hydrogens (tertiary/aromatic N) is 1. The standard InChI is InChI=1S/C13H19NO4S/c15-12-10-14(6-8-18-11-12)7-9-19(16,17)13-4-2-1-3-5-13/h1-5,12,15H,6-11H2/t12-/m0/s1. The Labute approximate surface area is 113 Å². The maximum Gasteiger partial charge on any atom is 0.179 e. The minimum Gasteiger partial charge on any atom is -0.389 e. The third-order valence-electron chi connectivity index (χ3n) is 3.11. The third-order valence-corrected chi connectivity index (χ3v) is 4.82. The quantitative estimate of drug-likeness (QED) is 0.853. The maximum atomic E-state index is 12.1. The van der Waals surface area contributed by atoms with E-state index in [0.29, 0.717) is 37.7 Å². The van der Waals surface area contributed by atoms with Crippen LogP contribution in [0.5, 0.6) is 0 Å². The molecule has 0 spiro atoms. The number of hydrogen-bond donors (Lipinski definition) is 1. The molecule has 1 atom stereocenters. The summed E-state index contributed by atoms with van der Waals surface area (Å²) >= 11 is 0. The number of benzene rings is 1. The highest BCUT2D eigenvalue weighted by Gasteiger charge is 2.20. The Kier molecular flexibility index (Phi) is 4.93. The number of hydrogen-bond acceptors (Lipinski definition) is 5. The minimum atomic E-state index is -3.25. The van der Waals surface area contributed by atoms with Gasteiger partial charge < -0.3 is 9.84 Å². The summed E-state index contributed by atoms with van der Waals surface area (Å²) in [5.41, 5.74) is 0. The topological polar surface area (TPSA) is 66.8 Å². The molecular weight excluding hydrogens is 266 g/mol. The van der Waals surface area contributed by atoms with Crippen LogP contribution in [0, 0.1) is 0 Å². The molecule has 6 heteroatoms. The molecule has 0 unspecified atom stereocenters. The van der Waals surface area contributed by atoms with Crippen molar-refractivity contribution in [3.63, 3.8) is 0 Å². The third kappa shape index (κ3) is 4.28. The summed E-state index contributed by atoms with van der Waals surface area (Å²) in [7, 11) is -3.25. The SMILES string of the molecule is O=S(=O)(CCN1CCOC[C@@H](O)C1)c1ccccc1. The molecule has 1 heterocycles. The van der Waals surface area contributed by atoms with Gasteiger partial charge in [-0.25, -0.2) is 8.42 Å². The van der Waals surface area contributed by atoms with Crippen molar-refractivity contribution in [1.82, 2.24) is 4.90 Å². The van der Waals surface area contributed by atoms with Crippen molar-refractivity contribution in [2.75, 3.05) is 38.6 Å². The van der Waals surface area contributed by atoms with Crippen LogP contribution < -0.4 is 0 Å². The second-order valence-electron chi connectivity index (χ2n) is 4.66. The van der Waals surface area contributed by atoms with Crippen molar-refractivity contribution < 1.29 is 18.3 Å². The van der Waals surface area contributed by atoms with Crippen LogP contribution in [-0.2, 0) is 14.6 Å². The summed E-state index contributed by atoms with van der Waals surface area (Å²) in [5.74, 6) is 0.0593. The first-order chi connectivity index (χ1) is 9.08. The van der Waals surface area contributed by atoms with Crippen molar-refractivity contribution in [2.24, 2.45) is 0 Å². The fraction of sp³-hybridized carbons (Fsp3) is 0.538. The molecule has 1 aliphatic heterocycles. The fourth-order valence-corrected chi connectivity index (χ4v) is 3.36. The van der Waals surface area contributed by atoms with Crippen molar-refractivity contribution in [1.29, 1.82) is 0 Å². The van der Waals surface area contributed by atoms with E-state index in [9.17, 15) is 13.5 Å². The summed E-state index contributed by atoms with van der Waals surface area (Å²) in [6.45, 7) is 2.38. The molecule has 1 N–H and O–H groups in total. The number of ether oxygens (including phenoxy) is 1. The van der Waals surface area contributed by atoms with Gasteiger partial charge in [0.1, 0.15) is 0 Å². The lowest BCUT2D eigenvalue weighted by atomic mass is 10.3. The largest absolute Gasteiger partial charge is 0.389 e. The van der Waals surface area contributed by atoms with Gasteiger partial charge in [-0.05, 0) is 12.1 Å². The lowest BCUT2D eigenvalue weighted by Gasteiger charge is -2.20. The lowest BCUT2D eigenvalue weighted by molar-refractivity contribution is 0.0567. The minimum absolute atomic E-state index is 0.0593. The normalized spacial score (nSPS) is 22.1. The molecule has 0 saturated carbocycles. The van der Waals surface area contributed by atoms with E-state index in [1.54, 1.807) is 30.3 Å². The number of aliphatic hydroxyl groups is 1. The number of rotatable bonds is 4. The Morgan fingerprint density at radius 3 is 2.79 bits per heavy atom. The van der Waals surface area contributed by atoms with Gasteiger partial charge >= 0.3 is 0 Å². The van der Waals surface area contributed by atoms with Crippen molar-refractivity contribution >= 4 is 9.84 Å². The predicted molar refractivity (Wildman–Crippen MR) is 71.8 cm³/mol. The molecule has 1 fully saturated rings. The Hall–Kier alpha value is -0.950. The second kappa shape index (κ2) is 6.47. The highest BCUT2D eigenvalue weighted by atomic mass is 32.2. The molecule has 1 aliphatic rings. The lowest BCUT2D eigenvalue weighted by Crippen LogP contribution is -2.36. The summed E-state index contributed by atoms with van der Waals surface area (Å²) in [6.07, 6.45) is -0.540. The van der Waals surface area contributed by atoms with Gasteiger partial charge in [-0.2, -0.15) is 0 Å². The van der Waals surface area contributed by atoms with Crippen LogP contribution in [0.1, 0.15) is 0 Å². The molecule has 1 aromatic rings. The number of β-amino-alcohol motifs (C(OH)–C–C–N with tert-alkyl or cyclic N) is 1. The molecule has 19 heavy (non-hydrogen) atoms. The van der Waals surface area contributed by atoms with Crippen molar-refractivity contribution in [2.45, 2.75) is 11.0 Å². The van der Waals surface area contributed by atoms with Crippen LogP contribution >= 0.6 is 0 Å². The molecule has 0 aliphatic carbocycles. The highest BCUT2D eigenvalue weighted by Crippen LogP contribution is 2.11. The summed E-state index contributed by atoms with van der Waals surface area (Å²) in [5, 5.41) is 9.59. The number of sulfone groups is 1. The summed E-state index contributed by atoms with van der Waals surface area (Å²) < 4.78 is 29.5. The molecule has 5 nitrogen and oxygen atoms in total. The molecule has 0 bridgehead atoms. The van der Waals surface area contributed by atoms with E-state index in [-0.39, 0.29) is 5.75 Å². The van der Waals surface area contributed by atoms with Crippen LogP contribution in [0.3, 0.4) is 0 Å². The Bertz CT molecular complexity index is 489. The first-order valence-electron chi connectivity index (χ1n) is 6.34. The zero-order chi connectivity index (χ0) is 13.7. The molecular formula is C13H19NO4S. The van der Waals surface area contributed by atoms with Gasteiger partial charge in [0.15, 0.2) is 9.84 Å². The average molecular weight is 285 g/mol. The van der Waals surface area contributed by atoms with Crippen molar-refractivity contribution in [3.8, 4) is 0 Å². The molecule has 1 aromatic carbocycles. The van der Waals surface area contributed by atoms with Crippen molar-refractivity contribution in [3.05, 3.63) is 30.3 Å². The van der Waals surface area contributed by atoms with E-state index in [2.05, 4.69) is 0 Å². The predicted octanol–water partition coefficient (Wildman–Crippen LogP) is 0.153. The van der Waals surface area contributed by atoms with Crippen LogP contribution in [-0.4, -0.2) is 63.1 Å². The summed E-state index contributed by atoms with van der Waals surface area (Å²) in [6, 6.07) is 8.44. The smallest absolute Gasteiger partial charge is 0.179 e. The van der Waals surface area contributed by atoms with E-state index >= 15 is 0 Å². The van der Waals surface area contributed by atoms with Gasteiger partial charge in [0.2, 0.25) is 0 Å².